The monoisotopic (exact) mass is 650 g/mol. The molecular formula is C16H48Br2Si9. The van der Waals surface area contributed by atoms with Crippen LogP contribution in [-0.2, 0) is 0 Å². The van der Waals surface area contributed by atoms with Crippen LogP contribution in [0.5, 0.6) is 0 Å². The summed E-state index contributed by atoms with van der Waals surface area (Å²) < 4.78 is -1.64. The van der Waals surface area contributed by atoms with E-state index in [1.54, 1.807) is 0 Å². The van der Waals surface area contributed by atoms with Crippen molar-refractivity contribution < 1.29 is 0 Å². The molecule has 0 atom stereocenters. The summed E-state index contributed by atoms with van der Waals surface area (Å²) in [7, 11) is -7.70. The Morgan fingerprint density at radius 1 is 0.407 bits per heavy atom. The van der Waals surface area contributed by atoms with E-state index in [1.807, 2.05) is 0 Å². The van der Waals surface area contributed by atoms with Gasteiger partial charge in [-0.25, -0.2) is 0 Å². The van der Waals surface area contributed by atoms with Crippen LogP contribution in [0.1, 0.15) is 0 Å². The summed E-state index contributed by atoms with van der Waals surface area (Å²) in [5, 5.41) is 0. The summed E-state index contributed by atoms with van der Waals surface area (Å²) in [4.78, 5) is 0. The Morgan fingerprint density at radius 2 is 0.556 bits per heavy atom. The standard InChI is InChI=1S/C16H48Br2Si9/c1-19(2,3)26(20(4,5)6)23(13,14)24(15,16)27(21(7,8)9,22(10,11)12)25(26,17)18/h1-16H3. The minimum atomic E-state index is -1.64. The minimum Gasteiger partial charge on any atom is -0.120 e. The van der Waals surface area contributed by atoms with Crippen molar-refractivity contribution in [2.24, 2.45) is 0 Å². The van der Waals surface area contributed by atoms with Crippen LogP contribution in [0, 0.1) is 0 Å². The maximum atomic E-state index is 4.97. The van der Waals surface area contributed by atoms with Crippen LogP contribution in [0.2, 0.25) is 105 Å². The molecule has 0 bridgehead atoms. The van der Waals surface area contributed by atoms with Gasteiger partial charge in [0.15, 0.2) is 4.35 Å². The predicted octanol–water partition coefficient (Wildman–Crippen LogP) is 7.60. The van der Waals surface area contributed by atoms with Gasteiger partial charge in [-0.2, -0.15) is 0 Å². The van der Waals surface area contributed by atoms with Gasteiger partial charge in [-0.3, -0.25) is 0 Å². The normalized spacial score (nSPS) is 26.9. The molecule has 0 spiro atoms. The summed E-state index contributed by atoms with van der Waals surface area (Å²) in [5.41, 5.74) is 0. The highest BCUT2D eigenvalue weighted by Gasteiger charge is 2.92. The van der Waals surface area contributed by atoms with E-state index in [4.69, 9.17) is 30.6 Å². The zero-order valence-corrected chi connectivity index (χ0v) is 33.4. The molecule has 0 aromatic rings. The Balaban J connectivity index is 4.49. The Hall–Kier alpha value is 2.91. The molecule has 1 aliphatic rings. The molecule has 1 rings (SSSR count). The van der Waals surface area contributed by atoms with E-state index >= 15 is 0 Å². The van der Waals surface area contributed by atoms with Gasteiger partial charge in [0.05, 0.1) is 12.3 Å². The fourth-order valence-corrected chi connectivity index (χ4v) is 725. The number of hydrogen-bond donors (Lipinski definition) is 0. The molecule has 1 saturated heterocycles. The van der Waals surface area contributed by atoms with Crippen molar-refractivity contribution in [2.45, 2.75) is 105 Å². The van der Waals surface area contributed by atoms with E-state index in [0.29, 0.717) is 0 Å². The van der Waals surface area contributed by atoms with Gasteiger partial charge in [0, 0.05) is 44.6 Å². The van der Waals surface area contributed by atoms with Crippen LogP contribution < -0.4 is 0 Å². The van der Waals surface area contributed by atoms with Gasteiger partial charge in [0.1, 0.15) is 0 Å². The van der Waals surface area contributed by atoms with Gasteiger partial charge in [-0.1, -0.05) is 105 Å². The van der Waals surface area contributed by atoms with Crippen LogP contribution in [-0.4, -0.2) is 61.2 Å². The molecule has 0 amide bonds. The number of hydrogen-bond acceptors (Lipinski definition) is 0. The molecule has 27 heavy (non-hydrogen) atoms. The van der Waals surface area contributed by atoms with E-state index < -0.39 is 61.2 Å². The van der Waals surface area contributed by atoms with Crippen molar-refractivity contribution in [1.82, 2.24) is 0 Å². The smallest absolute Gasteiger partial charge is 0.120 e. The molecule has 1 aliphatic heterocycles. The van der Waals surface area contributed by atoms with Crippen LogP contribution >= 0.6 is 30.6 Å². The Morgan fingerprint density at radius 3 is 0.630 bits per heavy atom. The molecule has 0 aromatic heterocycles. The summed E-state index contributed by atoms with van der Waals surface area (Å²) in [6, 6.07) is 0. The molecule has 0 unspecified atom stereocenters. The molecule has 0 radical (unpaired) electrons. The molecule has 1 heterocycles. The van der Waals surface area contributed by atoms with Crippen molar-refractivity contribution in [3.63, 3.8) is 0 Å². The van der Waals surface area contributed by atoms with Gasteiger partial charge in [-0.15, -0.1) is 30.6 Å². The molecule has 1 fully saturated rings. The quantitative estimate of drug-likeness (QED) is 0.217. The molecule has 162 valence electrons. The molecule has 0 saturated carbocycles. The highest BCUT2D eigenvalue weighted by atomic mass is 79.9. The molecule has 0 aliphatic carbocycles. The lowest BCUT2D eigenvalue weighted by Crippen LogP contribution is -2.94. The summed E-state index contributed by atoms with van der Waals surface area (Å²) in [6.45, 7) is 45.9. The van der Waals surface area contributed by atoms with Crippen LogP contribution in [0.4, 0.5) is 0 Å². The molecule has 0 N–H and O–H groups in total. The average Bonchev–Trinajstić information content (AvgIpc) is 2.26. The van der Waals surface area contributed by atoms with E-state index in [-0.39, 0.29) is 0 Å². The topological polar surface area (TPSA) is 0 Å². The van der Waals surface area contributed by atoms with Gasteiger partial charge < -0.3 is 0 Å². The zero-order valence-electron chi connectivity index (χ0n) is 21.3. The SMILES string of the molecule is C[Si](C)(C)[Si]1([Si](C)(C)C)[Si](C)(C)[Si](C)(C)[Si]([Si](C)(C)C)([Si](C)(C)C)[Si]1(Br)Br. The van der Waals surface area contributed by atoms with E-state index in [0.717, 1.165) is 0 Å². The number of halogens is 2. The fraction of sp³-hybridized carbons (Fsp3) is 1.00. The molecular weight excluding hydrogens is 605 g/mol. The lowest BCUT2D eigenvalue weighted by atomic mass is 11.8. The van der Waals surface area contributed by atoms with E-state index in [1.165, 1.54) is 0 Å². The largest absolute Gasteiger partial charge is 0.167 e. The van der Waals surface area contributed by atoms with Gasteiger partial charge in [0.25, 0.3) is 0 Å². The second-order valence-corrected chi connectivity index (χ2v) is 140. The Bertz CT molecular complexity index is 521. The highest BCUT2D eigenvalue weighted by molar-refractivity contribution is 9.57. The van der Waals surface area contributed by atoms with Crippen molar-refractivity contribution in [3.8, 4) is 0 Å². The average molecular weight is 653 g/mol. The molecule has 0 nitrogen and oxygen atoms in total. The zero-order chi connectivity index (χ0) is 22.5. The first-order valence-corrected chi connectivity index (χ1v) is 50.1. The van der Waals surface area contributed by atoms with Crippen LogP contribution in [0.3, 0.4) is 0 Å². The predicted molar refractivity (Wildman–Crippen MR) is 163 cm³/mol. The second kappa shape index (κ2) is 6.95. The fourth-order valence-electron chi connectivity index (χ4n) is 9.89. The third-order valence-electron chi connectivity index (χ3n) is 8.88. The van der Waals surface area contributed by atoms with E-state index in [2.05, 4.69) is 105 Å². The summed E-state index contributed by atoms with van der Waals surface area (Å²) in [6.07, 6.45) is -2.80. The van der Waals surface area contributed by atoms with Gasteiger partial charge >= 0.3 is 0 Å². The third kappa shape index (κ3) is 2.97. The third-order valence-corrected chi connectivity index (χ3v) is 330. The molecule has 0 aromatic carbocycles. The maximum Gasteiger partial charge on any atom is 0.167 e. The summed E-state index contributed by atoms with van der Waals surface area (Å²) in [5.74, 6) is 0. The van der Waals surface area contributed by atoms with Crippen LogP contribution in [0.25, 0.3) is 0 Å². The first-order chi connectivity index (χ1) is 11.2. The summed E-state index contributed by atoms with van der Waals surface area (Å²) >= 11 is 9.94. The second-order valence-electron chi connectivity index (χ2n) is 14.3. The Labute approximate surface area is 194 Å². The van der Waals surface area contributed by atoms with Gasteiger partial charge in [0.2, 0.25) is 0 Å². The van der Waals surface area contributed by atoms with Crippen molar-refractivity contribution in [1.29, 1.82) is 0 Å². The minimum absolute atomic E-state index is 1.27. The van der Waals surface area contributed by atoms with Crippen LogP contribution in [0.15, 0.2) is 0 Å². The van der Waals surface area contributed by atoms with Crippen molar-refractivity contribution >= 4 is 91.8 Å². The van der Waals surface area contributed by atoms with Crippen molar-refractivity contribution in [3.05, 3.63) is 0 Å². The van der Waals surface area contributed by atoms with Gasteiger partial charge in [-0.05, 0) is 0 Å². The Kier molecular flexibility index (Phi) is 7.20. The van der Waals surface area contributed by atoms with Crippen molar-refractivity contribution in [2.75, 3.05) is 0 Å². The molecule has 11 heteroatoms. The number of rotatable bonds is 4. The maximum absolute atomic E-state index is 4.97. The first-order valence-electron chi connectivity index (χ1n) is 10.6. The van der Waals surface area contributed by atoms with E-state index in [9.17, 15) is 0 Å². The first kappa shape index (κ1) is 27.9. The lowest BCUT2D eigenvalue weighted by Gasteiger charge is -2.63. The lowest BCUT2D eigenvalue weighted by molar-refractivity contribution is 1.77. The highest BCUT2D eigenvalue weighted by Crippen LogP contribution is 2.65.